The van der Waals surface area contributed by atoms with Crippen LogP contribution in [0, 0.1) is 6.92 Å². The van der Waals surface area contributed by atoms with E-state index in [0.29, 0.717) is 6.04 Å². The molecule has 0 amide bonds. The van der Waals surface area contributed by atoms with Crippen molar-refractivity contribution in [3.63, 3.8) is 0 Å². The van der Waals surface area contributed by atoms with E-state index in [1.54, 1.807) is 0 Å². The van der Waals surface area contributed by atoms with Gasteiger partial charge in [0.05, 0.1) is 0 Å². The number of benzene rings is 1. The molecule has 1 saturated carbocycles. The third kappa shape index (κ3) is 4.08. The van der Waals surface area contributed by atoms with Gasteiger partial charge in [-0.1, -0.05) is 36.2 Å². The van der Waals surface area contributed by atoms with E-state index >= 15 is 0 Å². The van der Waals surface area contributed by atoms with Crippen LogP contribution < -0.4 is 5.32 Å². The van der Waals surface area contributed by atoms with Gasteiger partial charge in [0.2, 0.25) is 0 Å². The summed E-state index contributed by atoms with van der Waals surface area (Å²) in [5, 5.41) is 3.83. The van der Waals surface area contributed by atoms with E-state index in [4.69, 9.17) is 0 Å². The Morgan fingerprint density at radius 2 is 1.76 bits per heavy atom. The summed E-state index contributed by atoms with van der Waals surface area (Å²) in [5.41, 5.74) is 2.89. The summed E-state index contributed by atoms with van der Waals surface area (Å²) >= 11 is 0. The molecule has 1 aliphatic carbocycles. The minimum atomic E-state index is 0.632. The first-order valence-electron chi connectivity index (χ1n) is 8.75. The Kier molecular flexibility index (Phi) is 4.97. The molecule has 1 atom stereocenters. The molecule has 1 aliphatic heterocycles. The second-order valence-corrected chi connectivity index (χ2v) is 7.20. The van der Waals surface area contributed by atoms with Gasteiger partial charge >= 0.3 is 0 Å². The standard InChI is InChI=1S/C19H30N2/c1-15-6-8-17(9-7-15)18-12-19(13-18)20-16(2)14-21-10-4-3-5-11-21/h6-9,16,18-20H,3-5,10-14H2,1-2H3. The molecule has 0 radical (unpaired) electrons. The van der Waals surface area contributed by atoms with Crippen molar-refractivity contribution in [3.05, 3.63) is 35.4 Å². The number of likely N-dealkylation sites (tertiary alicyclic amines) is 1. The lowest BCUT2D eigenvalue weighted by atomic mass is 9.75. The number of aryl methyl sites for hydroxylation is 1. The molecule has 1 aromatic carbocycles. The maximum absolute atomic E-state index is 3.83. The largest absolute Gasteiger partial charge is 0.310 e. The summed E-state index contributed by atoms with van der Waals surface area (Å²) in [5.74, 6) is 0.783. The zero-order chi connectivity index (χ0) is 14.7. The van der Waals surface area contributed by atoms with Gasteiger partial charge in [-0.3, -0.25) is 0 Å². The van der Waals surface area contributed by atoms with Crippen molar-refractivity contribution in [1.82, 2.24) is 10.2 Å². The van der Waals surface area contributed by atoms with Crippen molar-refractivity contribution < 1.29 is 0 Å². The molecular formula is C19H30N2. The predicted molar refractivity (Wildman–Crippen MR) is 89.8 cm³/mol. The normalized spacial score (nSPS) is 28.1. The van der Waals surface area contributed by atoms with Crippen molar-refractivity contribution in [1.29, 1.82) is 0 Å². The van der Waals surface area contributed by atoms with E-state index < -0.39 is 0 Å². The summed E-state index contributed by atoms with van der Waals surface area (Å²) in [6.07, 6.45) is 6.84. The molecule has 2 fully saturated rings. The quantitative estimate of drug-likeness (QED) is 0.888. The summed E-state index contributed by atoms with van der Waals surface area (Å²) in [6, 6.07) is 10.5. The Hall–Kier alpha value is -0.860. The first-order valence-corrected chi connectivity index (χ1v) is 8.75. The van der Waals surface area contributed by atoms with Crippen LogP contribution in [0.4, 0.5) is 0 Å². The van der Waals surface area contributed by atoms with Crippen LogP contribution in [0.3, 0.4) is 0 Å². The maximum Gasteiger partial charge on any atom is 0.0169 e. The molecule has 1 unspecified atom stereocenters. The smallest absolute Gasteiger partial charge is 0.0169 e. The van der Waals surface area contributed by atoms with Gasteiger partial charge in [-0.15, -0.1) is 0 Å². The van der Waals surface area contributed by atoms with Crippen LogP contribution in [0.2, 0.25) is 0 Å². The van der Waals surface area contributed by atoms with Crippen LogP contribution >= 0.6 is 0 Å². The fourth-order valence-electron chi connectivity index (χ4n) is 3.85. The average Bonchev–Trinajstić information content (AvgIpc) is 2.45. The van der Waals surface area contributed by atoms with E-state index in [2.05, 4.69) is 48.3 Å². The molecule has 1 aromatic rings. The Balaban J connectivity index is 1.38. The number of nitrogens with one attached hydrogen (secondary N) is 1. The summed E-state index contributed by atoms with van der Waals surface area (Å²) < 4.78 is 0. The average molecular weight is 286 g/mol. The number of hydrogen-bond acceptors (Lipinski definition) is 2. The zero-order valence-electron chi connectivity index (χ0n) is 13.6. The van der Waals surface area contributed by atoms with Crippen LogP contribution in [-0.4, -0.2) is 36.6 Å². The molecule has 116 valence electrons. The molecule has 2 heteroatoms. The van der Waals surface area contributed by atoms with Gasteiger partial charge in [-0.2, -0.15) is 0 Å². The molecule has 0 aromatic heterocycles. The Bertz CT molecular complexity index is 427. The second kappa shape index (κ2) is 6.93. The third-order valence-corrected chi connectivity index (χ3v) is 5.19. The summed E-state index contributed by atoms with van der Waals surface area (Å²) in [7, 11) is 0. The molecule has 21 heavy (non-hydrogen) atoms. The number of piperidine rings is 1. The highest BCUT2D eigenvalue weighted by Gasteiger charge is 2.31. The highest BCUT2D eigenvalue weighted by Crippen LogP contribution is 2.37. The van der Waals surface area contributed by atoms with E-state index in [0.717, 1.165) is 12.0 Å². The van der Waals surface area contributed by atoms with Crippen molar-refractivity contribution in [2.24, 2.45) is 0 Å². The third-order valence-electron chi connectivity index (χ3n) is 5.19. The van der Waals surface area contributed by atoms with Gasteiger partial charge in [-0.25, -0.2) is 0 Å². The molecule has 0 spiro atoms. The first-order chi connectivity index (χ1) is 10.2. The molecule has 0 bridgehead atoms. The Labute approximate surface area is 129 Å². The lowest BCUT2D eigenvalue weighted by Crippen LogP contribution is -2.49. The Morgan fingerprint density at radius 1 is 1.10 bits per heavy atom. The van der Waals surface area contributed by atoms with Crippen LogP contribution in [-0.2, 0) is 0 Å². The van der Waals surface area contributed by atoms with E-state index in [1.165, 1.54) is 62.9 Å². The fourth-order valence-corrected chi connectivity index (χ4v) is 3.85. The molecule has 1 saturated heterocycles. The van der Waals surface area contributed by atoms with Gasteiger partial charge in [0.15, 0.2) is 0 Å². The fraction of sp³-hybridized carbons (Fsp3) is 0.684. The molecule has 1 heterocycles. The van der Waals surface area contributed by atoms with Gasteiger partial charge in [0.1, 0.15) is 0 Å². The minimum Gasteiger partial charge on any atom is -0.310 e. The van der Waals surface area contributed by atoms with Crippen LogP contribution in [0.15, 0.2) is 24.3 Å². The van der Waals surface area contributed by atoms with Crippen molar-refractivity contribution in [2.75, 3.05) is 19.6 Å². The number of rotatable bonds is 5. The van der Waals surface area contributed by atoms with Crippen molar-refractivity contribution in [3.8, 4) is 0 Å². The van der Waals surface area contributed by atoms with Gasteiger partial charge in [-0.05, 0) is 64.1 Å². The van der Waals surface area contributed by atoms with Crippen LogP contribution in [0.5, 0.6) is 0 Å². The first kappa shape index (κ1) is 15.1. The SMILES string of the molecule is Cc1ccc(C2CC(NC(C)CN3CCCCC3)C2)cc1. The lowest BCUT2D eigenvalue weighted by Gasteiger charge is -2.39. The van der Waals surface area contributed by atoms with E-state index in [-0.39, 0.29) is 0 Å². The highest BCUT2D eigenvalue weighted by molar-refractivity contribution is 5.26. The number of hydrogen-bond donors (Lipinski definition) is 1. The molecule has 2 aliphatic rings. The molecule has 3 rings (SSSR count). The summed E-state index contributed by atoms with van der Waals surface area (Å²) in [4.78, 5) is 2.64. The van der Waals surface area contributed by atoms with E-state index in [1.807, 2.05) is 0 Å². The number of nitrogens with zero attached hydrogens (tertiary/aromatic N) is 1. The van der Waals surface area contributed by atoms with E-state index in [9.17, 15) is 0 Å². The van der Waals surface area contributed by atoms with Gasteiger partial charge in [0.25, 0.3) is 0 Å². The van der Waals surface area contributed by atoms with Gasteiger partial charge in [0, 0.05) is 18.6 Å². The predicted octanol–water partition coefficient (Wildman–Crippen LogP) is 3.71. The zero-order valence-corrected chi connectivity index (χ0v) is 13.6. The maximum atomic E-state index is 3.83. The van der Waals surface area contributed by atoms with Crippen molar-refractivity contribution >= 4 is 0 Å². The Morgan fingerprint density at radius 3 is 2.43 bits per heavy atom. The van der Waals surface area contributed by atoms with Crippen molar-refractivity contribution in [2.45, 2.75) is 64.0 Å². The minimum absolute atomic E-state index is 0.632. The highest BCUT2D eigenvalue weighted by atomic mass is 15.2. The lowest BCUT2D eigenvalue weighted by molar-refractivity contribution is 0.187. The topological polar surface area (TPSA) is 15.3 Å². The second-order valence-electron chi connectivity index (χ2n) is 7.20. The molecule has 1 N–H and O–H groups in total. The molecular weight excluding hydrogens is 256 g/mol. The summed E-state index contributed by atoms with van der Waals surface area (Å²) in [6.45, 7) is 8.36. The molecule has 2 nitrogen and oxygen atoms in total. The van der Waals surface area contributed by atoms with Crippen LogP contribution in [0.1, 0.15) is 56.1 Å². The van der Waals surface area contributed by atoms with Gasteiger partial charge < -0.3 is 10.2 Å². The van der Waals surface area contributed by atoms with Crippen LogP contribution in [0.25, 0.3) is 0 Å². The monoisotopic (exact) mass is 286 g/mol.